The molecule has 142 valence electrons. The van der Waals surface area contributed by atoms with E-state index in [4.69, 9.17) is 0 Å². The monoisotopic (exact) mass is 373 g/mol. The number of fused-ring (bicyclic) bond motifs is 1. The molecule has 1 aliphatic rings. The smallest absolute Gasteiger partial charge is 0.255 e. The summed E-state index contributed by atoms with van der Waals surface area (Å²) >= 11 is 0. The minimum atomic E-state index is -0.185. The van der Waals surface area contributed by atoms with Gasteiger partial charge in [-0.3, -0.25) is 14.5 Å². The number of piperazine rings is 1. The molecular formula is C23H23N3O2. The molecule has 5 heteroatoms. The van der Waals surface area contributed by atoms with E-state index in [1.807, 2.05) is 53.4 Å². The molecule has 0 radical (unpaired) electrons. The summed E-state index contributed by atoms with van der Waals surface area (Å²) in [6, 6.07) is 19.8. The zero-order valence-corrected chi connectivity index (χ0v) is 15.7. The number of nitrogens with zero attached hydrogens (tertiary/aromatic N) is 2. The lowest BCUT2D eigenvalue weighted by Gasteiger charge is -2.34. The van der Waals surface area contributed by atoms with Crippen molar-refractivity contribution in [1.29, 1.82) is 0 Å². The lowest BCUT2D eigenvalue weighted by molar-refractivity contribution is -0.127. The van der Waals surface area contributed by atoms with Gasteiger partial charge >= 0.3 is 0 Å². The van der Waals surface area contributed by atoms with Gasteiger partial charge in [-0.25, -0.2) is 0 Å². The average Bonchev–Trinajstić information content (AvgIpc) is 2.73. The standard InChI is InChI=1S/C23H23N3O2/c27-22(11-10-20-16-19-8-4-5-9-21(19)24-23(20)28)26-14-12-25(13-15-26)17-18-6-2-1-3-7-18/h1-11,16H,12-15,17H2,(H,24,28)/b11-10+. The van der Waals surface area contributed by atoms with Crippen LogP contribution in [0.2, 0.25) is 0 Å². The van der Waals surface area contributed by atoms with Crippen LogP contribution in [0.3, 0.4) is 0 Å². The van der Waals surface area contributed by atoms with E-state index in [1.54, 1.807) is 6.08 Å². The van der Waals surface area contributed by atoms with Crippen molar-refractivity contribution in [2.24, 2.45) is 0 Å². The quantitative estimate of drug-likeness (QED) is 0.716. The van der Waals surface area contributed by atoms with Gasteiger partial charge in [0.15, 0.2) is 0 Å². The van der Waals surface area contributed by atoms with Crippen molar-refractivity contribution in [3.8, 4) is 0 Å². The number of pyridine rings is 1. The van der Waals surface area contributed by atoms with Gasteiger partial charge in [-0.15, -0.1) is 0 Å². The van der Waals surface area contributed by atoms with Crippen LogP contribution in [0.4, 0.5) is 0 Å². The van der Waals surface area contributed by atoms with Gasteiger partial charge in [-0.05, 0) is 29.2 Å². The predicted molar refractivity (Wildman–Crippen MR) is 112 cm³/mol. The van der Waals surface area contributed by atoms with E-state index in [0.29, 0.717) is 18.7 Å². The second kappa shape index (κ2) is 8.23. The SMILES string of the molecule is O=C(/C=C/c1cc2ccccc2[nH]c1=O)N1CCN(Cc2ccccc2)CC1. The number of carbonyl (C=O) groups excluding carboxylic acids is 1. The Labute approximate surface area is 163 Å². The van der Waals surface area contributed by atoms with Gasteiger partial charge in [-0.1, -0.05) is 48.5 Å². The summed E-state index contributed by atoms with van der Waals surface area (Å²) in [4.78, 5) is 31.8. The molecule has 1 N–H and O–H groups in total. The van der Waals surface area contributed by atoms with Crippen molar-refractivity contribution in [1.82, 2.24) is 14.8 Å². The Balaban J connectivity index is 1.37. The molecule has 0 bridgehead atoms. The summed E-state index contributed by atoms with van der Waals surface area (Å²) in [5.41, 5.74) is 2.40. The Morgan fingerprint density at radius 1 is 0.964 bits per heavy atom. The fourth-order valence-electron chi connectivity index (χ4n) is 3.52. The van der Waals surface area contributed by atoms with Crippen LogP contribution in [0.15, 0.2) is 71.5 Å². The summed E-state index contributed by atoms with van der Waals surface area (Å²) in [6.07, 6.45) is 3.12. The van der Waals surface area contributed by atoms with Crippen LogP contribution >= 0.6 is 0 Å². The van der Waals surface area contributed by atoms with Gasteiger partial charge in [0.2, 0.25) is 5.91 Å². The number of aromatic amines is 1. The van der Waals surface area contributed by atoms with Crippen LogP contribution in [0.5, 0.6) is 0 Å². The van der Waals surface area contributed by atoms with Gasteiger partial charge in [0.1, 0.15) is 0 Å². The Morgan fingerprint density at radius 2 is 1.68 bits per heavy atom. The highest BCUT2D eigenvalue weighted by Gasteiger charge is 2.19. The summed E-state index contributed by atoms with van der Waals surface area (Å²) in [6.45, 7) is 4.01. The normalized spacial score (nSPS) is 15.4. The first-order valence-corrected chi connectivity index (χ1v) is 9.54. The highest BCUT2D eigenvalue weighted by atomic mass is 16.2. The average molecular weight is 373 g/mol. The third-order valence-corrected chi connectivity index (χ3v) is 5.12. The molecule has 5 nitrogen and oxygen atoms in total. The van der Waals surface area contributed by atoms with Crippen LogP contribution in [0.25, 0.3) is 17.0 Å². The molecule has 0 aliphatic carbocycles. The third kappa shape index (κ3) is 4.21. The summed E-state index contributed by atoms with van der Waals surface area (Å²) in [5, 5.41) is 0.948. The molecule has 0 spiro atoms. The van der Waals surface area contributed by atoms with Crippen LogP contribution in [0.1, 0.15) is 11.1 Å². The van der Waals surface area contributed by atoms with Crippen LogP contribution in [-0.2, 0) is 11.3 Å². The van der Waals surface area contributed by atoms with E-state index in [1.165, 1.54) is 11.6 Å². The maximum Gasteiger partial charge on any atom is 0.255 e. The summed E-state index contributed by atoms with van der Waals surface area (Å²) < 4.78 is 0. The van der Waals surface area contributed by atoms with Crippen LogP contribution < -0.4 is 5.56 Å². The van der Waals surface area contributed by atoms with E-state index in [2.05, 4.69) is 22.0 Å². The topological polar surface area (TPSA) is 56.4 Å². The van der Waals surface area contributed by atoms with E-state index < -0.39 is 0 Å². The van der Waals surface area contributed by atoms with E-state index in [9.17, 15) is 9.59 Å². The molecule has 2 heterocycles. The summed E-state index contributed by atoms with van der Waals surface area (Å²) in [7, 11) is 0. The molecule has 1 fully saturated rings. The molecule has 1 saturated heterocycles. The first-order chi connectivity index (χ1) is 13.7. The van der Waals surface area contributed by atoms with Crippen molar-refractivity contribution in [3.63, 3.8) is 0 Å². The Kier molecular flexibility index (Phi) is 5.35. The molecule has 3 aromatic rings. The molecular weight excluding hydrogens is 350 g/mol. The first kappa shape index (κ1) is 18.2. The maximum atomic E-state index is 12.5. The number of benzene rings is 2. The lowest BCUT2D eigenvalue weighted by atomic mass is 10.1. The number of para-hydroxylation sites is 1. The van der Waals surface area contributed by atoms with Crippen molar-refractivity contribution in [2.75, 3.05) is 26.2 Å². The van der Waals surface area contributed by atoms with Crippen LogP contribution in [0, 0.1) is 0 Å². The Morgan fingerprint density at radius 3 is 2.46 bits per heavy atom. The predicted octanol–water partition coefficient (Wildman–Crippen LogP) is 2.89. The van der Waals surface area contributed by atoms with Crippen molar-refractivity contribution in [2.45, 2.75) is 6.54 Å². The number of aromatic nitrogens is 1. The highest BCUT2D eigenvalue weighted by Crippen LogP contribution is 2.12. The number of amides is 1. The molecule has 1 aliphatic heterocycles. The molecule has 1 amide bonds. The van der Waals surface area contributed by atoms with E-state index >= 15 is 0 Å². The van der Waals surface area contributed by atoms with Gasteiger partial charge < -0.3 is 9.88 Å². The molecule has 1 aromatic heterocycles. The van der Waals surface area contributed by atoms with Gasteiger partial charge in [0.05, 0.1) is 0 Å². The fourth-order valence-corrected chi connectivity index (χ4v) is 3.52. The minimum Gasteiger partial charge on any atom is -0.337 e. The van der Waals surface area contributed by atoms with Crippen molar-refractivity contribution >= 4 is 22.9 Å². The summed E-state index contributed by atoms with van der Waals surface area (Å²) in [5.74, 6) is -0.0491. The molecule has 28 heavy (non-hydrogen) atoms. The lowest BCUT2D eigenvalue weighted by Crippen LogP contribution is -2.47. The first-order valence-electron chi connectivity index (χ1n) is 9.54. The van der Waals surface area contributed by atoms with Crippen molar-refractivity contribution < 1.29 is 4.79 Å². The minimum absolute atomic E-state index is 0.0491. The molecule has 4 rings (SSSR count). The van der Waals surface area contributed by atoms with Gasteiger partial charge in [0, 0.05) is 49.9 Å². The zero-order chi connectivity index (χ0) is 19.3. The Bertz CT molecular complexity index is 1050. The largest absolute Gasteiger partial charge is 0.337 e. The fraction of sp³-hybridized carbons (Fsp3) is 0.217. The van der Waals surface area contributed by atoms with E-state index in [0.717, 1.165) is 30.5 Å². The molecule has 0 saturated carbocycles. The highest BCUT2D eigenvalue weighted by molar-refractivity contribution is 5.92. The molecule has 0 unspecified atom stereocenters. The number of hydrogen-bond donors (Lipinski definition) is 1. The second-order valence-electron chi connectivity index (χ2n) is 7.06. The third-order valence-electron chi connectivity index (χ3n) is 5.12. The maximum absolute atomic E-state index is 12.5. The number of nitrogens with one attached hydrogen (secondary N) is 1. The van der Waals surface area contributed by atoms with Gasteiger partial charge in [-0.2, -0.15) is 0 Å². The number of H-pyrrole nitrogens is 1. The van der Waals surface area contributed by atoms with Crippen LogP contribution in [-0.4, -0.2) is 46.9 Å². The molecule has 0 atom stereocenters. The van der Waals surface area contributed by atoms with E-state index in [-0.39, 0.29) is 11.5 Å². The molecule has 2 aromatic carbocycles. The zero-order valence-electron chi connectivity index (χ0n) is 15.7. The number of hydrogen-bond acceptors (Lipinski definition) is 3. The van der Waals surface area contributed by atoms with Crippen molar-refractivity contribution in [3.05, 3.63) is 88.2 Å². The van der Waals surface area contributed by atoms with Gasteiger partial charge in [0.25, 0.3) is 5.56 Å². The number of carbonyl (C=O) groups is 1. The second-order valence-corrected chi connectivity index (χ2v) is 7.06. The number of rotatable bonds is 4. The Hall–Kier alpha value is -3.18.